The molecule has 132 valence electrons. The molecule has 25 heavy (non-hydrogen) atoms. The highest BCUT2D eigenvalue weighted by molar-refractivity contribution is 5.78. The van der Waals surface area contributed by atoms with Gasteiger partial charge in [0.2, 0.25) is 6.10 Å². The van der Waals surface area contributed by atoms with Crippen LogP contribution in [0.15, 0.2) is 42.0 Å². The van der Waals surface area contributed by atoms with E-state index in [4.69, 9.17) is 9.47 Å². The van der Waals surface area contributed by atoms with Gasteiger partial charge in [0, 0.05) is 20.3 Å². The molecule has 8 nitrogen and oxygen atoms in total. The Hall–Kier alpha value is -3.03. The summed E-state index contributed by atoms with van der Waals surface area (Å²) in [5, 5.41) is 3.00. The topological polar surface area (TPSA) is 94.0 Å². The summed E-state index contributed by atoms with van der Waals surface area (Å²) in [5.74, 6) is 0.381. The first-order valence-corrected chi connectivity index (χ1v) is 7.62. The smallest absolute Gasteiger partial charge is 0.352 e. The minimum Gasteiger partial charge on any atom is -0.474 e. The highest BCUT2D eigenvalue weighted by atomic mass is 16.6. The molecule has 0 saturated carbocycles. The van der Waals surface area contributed by atoms with E-state index in [1.165, 1.54) is 19.6 Å². The molecule has 2 unspecified atom stereocenters. The lowest BCUT2D eigenvalue weighted by Crippen LogP contribution is -2.24. The number of anilines is 1. The Balaban J connectivity index is 2.41. The molecule has 2 aromatic rings. The number of carbonyl (C=O) groups excluding carboxylic acids is 1. The molecule has 1 aromatic carbocycles. The SMILES string of the molecule is COC(=O)C(Oc1cccc(C(C)N=O)c1)c1cncnc1N(C)C. The van der Waals surface area contributed by atoms with Crippen LogP contribution >= 0.6 is 0 Å². The zero-order valence-corrected chi connectivity index (χ0v) is 14.5. The van der Waals surface area contributed by atoms with E-state index in [0.717, 1.165) is 0 Å². The highest BCUT2D eigenvalue weighted by Crippen LogP contribution is 2.29. The van der Waals surface area contributed by atoms with Gasteiger partial charge in [-0.2, -0.15) is 4.91 Å². The number of nitrogens with zero attached hydrogens (tertiary/aromatic N) is 4. The number of benzene rings is 1. The van der Waals surface area contributed by atoms with E-state index in [1.807, 2.05) is 0 Å². The summed E-state index contributed by atoms with van der Waals surface area (Å²) >= 11 is 0. The molecule has 0 amide bonds. The van der Waals surface area contributed by atoms with Crippen LogP contribution in [-0.4, -0.2) is 37.1 Å². The summed E-state index contributed by atoms with van der Waals surface area (Å²) in [4.78, 5) is 33.0. The van der Waals surface area contributed by atoms with Gasteiger partial charge >= 0.3 is 5.97 Å². The first-order chi connectivity index (χ1) is 12.0. The first kappa shape index (κ1) is 18.3. The molecule has 0 spiro atoms. The maximum atomic E-state index is 12.3. The monoisotopic (exact) mass is 344 g/mol. The number of nitroso groups, excluding NO2 is 1. The van der Waals surface area contributed by atoms with Crippen molar-refractivity contribution < 1.29 is 14.3 Å². The second-order valence-corrected chi connectivity index (χ2v) is 5.57. The molecule has 0 saturated heterocycles. The molecular weight excluding hydrogens is 324 g/mol. The predicted octanol–water partition coefficient (Wildman–Crippen LogP) is 2.66. The standard InChI is InChI=1S/C17H20N4O4/c1-11(20-23)12-6-5-7-13(8-12)25-15(17(22)24-4)14-9-18-10-19-16(14)21(2)3/h5-11,15H,1-4H3. The molecule has 0 bridgehead atoms. The third kappa shape index (κ3) is 4.28. The first-order valence-electron chi connectivity index (χ1n) is 7.62. The van der Waals surface area contributed by atoms with Crippen molar-refractivity contribution in [1.29, 1.82) is 0 Å². The number of rotatable bonds is 7. The Morgan fingerprint density at radius 3 is 2.72 bits per heavy atom. The van der Waals surface area contributed by atoms with Crippen LogP contribution in [-0.2, 0) is 9.53 Å². The third-order valence-electron chi connectivity index (χ3n) is 3.59. The Labute approximate surface area is 145 Å². The molecule has 0 aliphatic rings. The number of carbonyl (C=O) groups is 1. The number of ether oxygens (including phenoxy) is 2. The van der Waals surface area contributed by atoms with Crippen LogP contribution in [0.5, 0.6) is 5.75 Å². The summed E-state index contributed by atoms with van der Waals surface area (Å²) < 4.78 is 10.7. The summed E-state index contributed by atoms with van der Waals surface area (Å²) in [6, 6.07) is 6.34. The van der Waals surface area contributed by atoms with Crippen LogP contribution in [0.2, 0.25) is 0 Å². The predicted molar refractivity (Wildman–Crippen MR) is 92.4 cm³/mol. The van der Waals surface area contributed by atoms with Gasteiger partial charge in [-0.25, -0.2) is 14.8 Å². The molecule has 0 aliphatic heterocycles. The largest absolute Gasteiger partial charge is 0.474 e. The molecule has 0 radical (unpaired) electrons. The molecule has 1 heterocycles. The van der Waals surface area contributed by atoms with Crippen molar-refractivity contribution in [3.05, 3.63) is 52.8 Å². The fraction of sp³-hybridized carbons (Fsp3) is 0.353. The van der Waals surface area contributed by atoms with Gasteiger partial charge in [0.1, 0.15) is 23.9 Å². The molecule has 2 rings (SSSR count). The van der Waals surface area contributed by atoms with Gasteiger partial charge in [0.05, 0.1) is 12.7 Å². The number of hydrogen-bond acceptors (Lipinski definition) is 8. The van der Waals surface area contributed by atoms with E-state index >= 15 is 0 Å². The second kappa shape index (κ2) is 8.18. The van der Waals surface area contributed by atoms with Gasteiger partial charge in [-0.05, 0) is 24.6 Å². The van der Waals surface area contributed by atoms with Crippen molar-refractivity contribution >= 4 is 11.8 Å². The van der Waals surface area contributed by atoms with Gasteiger partial charge in [-0.3, -0.25) is 0 Å². The molecule has 0 fully saturated rings. The van der Waals surface area contributed by atoms with Crippen molar-refractivity contribution in [1.82, 2.24) is 9.97 Å². The average molecular weight is 344 g/mol. The van der Waals surface area contributed by atoms with Crippen molar-refractivity contribution in [2.75, 3.05) is 26.1 Å². The van der Waals surface area contributed by atoms with Crippen LogP contribution < -0.4 is 9.64 Å². The van der Waals surface area contributed by atoms with Crippen LogP contribution in [0.1, 0.15) is 30.2 Å². The Morgan fingerprint density at radius 1 is 1.32 bits per heavy atom. The molecule has 0 N–H and O–H groups in total. The summed E-state index contributed by atoms with van der Waals surface area (Å²) in [7, 11) is 4.89. The molecule has 1 aromatic heterocycles. The maximum absolute atomic E-state index is 12.3. The van der Waals surface area contributed by atoms with Crippen molar-refractivity contribution in [3.63, 3.8) is 0 Å². The van der Waals surface area contributed by atoms with Gasteiger partial charge in [-0.1, -0.05) is 17.3 Å². The lowest BCUT2D eigenvalue weighted by atomic mass is 10.1. The van der Waals surface area contributed by atoms with E-state index < -0.39 is 18.1 Å². The lowest BCUT2D eigenvalue weighted by molar-refractivity contribution is -0.149. The minimum atomic E-state index is -1.04. The summed E-state index contributed by atoms with van der Waals surface area (Å²) in [6.45, 7) is 1.68. The van der Waals surface area contributed by atoms with Crippen molar-refractivity contribution in [3.8, 4) is 5.75 Å². The molecule has 0 aliphatic carbocycles. The van der Waals surface area contributed by atoms with Gasteiger partial charge in [-0.15, -0.1) is 0 Å². The highest BCUT2D eigenvalue weighted by Gasteiger charge is 2.28. The number of aromatic nitrogens is 2. The van der Waals surface area contributed by atoms with E-state index in [-0.39, 0.29) is 0 Å². The van der Waals surface area contributed by atoms with Gasteiger partial charge in [0.25, 0.3) is 0 Å². The van der Waals surface area contributed by atoms with E-state index in [2.05, 4.69) is 15.1 Å². The maximum Gasteiger partial charge on any atom is 0.352 e. The fourth-order valence-electron chi connectivity index (χ4n) is 2.28. The number of esters is 1. The van der Waals surface area contributed by atoms with E-state index in [9.17, 15) is 9.70 Å². The quantitative estimate of drug-likeness (QED) is 0.563. The normalized spacial score (nSPS) is 12.8. The minimum absolute atomic E-state index is 0.414. The Bertz CT molecular complexity index is 751. The molecular formula is C17H20N4O4. The number of methoxy groups -OCH3 is 1. The van der Waals surface area contributed by atoms with E-state index in [0.29, 0.717) is 22.7 Å². The van der Waals surface area contributed by atoms with Crippen LogP contribution in [0.25, 0.3) is 0 Å². The summed E-state index contributed by atoms with van der Waals surface area (Å²) in [5.41, 5.74) is 1.17. The average Bonchev–Trinajstić information content (AvgIpc) is 2.65. The second-order valence-electron chi connectivity index (χ2n) is 5.57. The zero-order chi connectivity index (χ0) is 18.4. The van der Waals surface area contributed by atoms with Gasteiger partial charge < -0.3 is 14.4 Å². The summed E-state index contributed by atoms with van der Waals surface area (Å²) in [6.07, 6.45) is 1.87. The lowest BCUT2D eigenvalue weighted by Gasteiger charge is -2.22. The number of hydrogen-bond donors (Lipinski definition) is 0. The van der Waals surface area contributed by atoms with Crippen molar-refractivity contribution in [2.24, 2.45) is 5.18 Å². The zero-order valence-electron chi connectivity index (χ0n) is 14.5. The van der Waals surface area contributed by atoms with Crippen molar-refractivity contribution in [2.45, 2.75) is 19.1 Å². The molecule has 2 atom stereocenters. The Kier molecular flexibility index (Phi) is 5.99. The Morgan fingerprint density at radius 2 is 2.08 bits per heavy atom. The van der Waals surface area contributed by atoms with E-state index in [1.54, 1.807) is 50.2 Å². The van der Waals surface area contributed by atoms with Gasteiger partial charge in [0.15, 0.2) is 0 Å². The fourth-order valence-corrected chi connectivity index (χ4v) is 2.28. The van der Waals surface area contributed by atoms with Crippen LogP contribution in [0, 0.1) is 4.91 Å². The third-order valence-corrected chi connectivity index (χ3v) is 3.59. The van der Waals surface area contributed by atoms with Crippen LogP contribution in [0.4, 0.5) is 5.82 Å². The molecule has 8 heteroatoms. The van der Waals surface area contributed by atoms with Crippen LogP contribution in [0.3, 0.4) is 0 Å².